The summed E-state index contributed by atoms with van der Waals surface area (Å²) in [4.78, 5) is 47.1. The maximum atomic E-state index is 12.0. The van der Waals surface area contributed by atoms with Gasteiger partial charge in [-0.25, -0.2) is 0 Å². The lowest BCUT2D eigenvalue weighted by Gasteiger charge is -2.06. The van der Waals surface area contributed by atoms with Crippen LogP contribution in [0.4, 0.5) is 0 Å². The molecule has 8 nitrogen and oxygen atoms in total. The molecule has 0 amide bonds. The molecule has 0 unspecified atom stereocenters. The standard InChI is InChI=1S/C24H20N2O6/c1-13(27)25-11-23(31-15(3)29)19-9-17(5-7-21(19)25)18-6-8-22-20(10-18)24(32-16(4)30)12-26(22)14(2)28/h5-12H,1-4H3. The average Bonchev–Trinajstić information content (AvgIpc) is 3.25. The summed E-state index contributed by atoms with van der Waals surface area (Å²) in [5.41, 5.74) is 2.81. The lowest BCUT2D eigenvalue weighted by Crippen LogP contribution is -2.03. The minimum atomic E-state index is -0.490. The molecule has 8 heteroatoms. The Morgan fingerprint density at radius 2 is 1.00 bits per heavy atom. The molecular weight excluding hydrogens is 412 g/mol. The number of aromatic nitrogens is 2. The van der Waals surface area contributed by atoms with Crippen LogP contribution >= 0.6 is 0 Å². The maximum absolute atomic E-state index is 12.0. The van der Waals surface area contributed by atoms with Crippen LogP contribution in [-0.4, -0.2) is 32.9 Å². The van der Waals surface area contributed by atoms with Gasteiger partial charge >= 0.3 is 11.9 Å². The summed E-state index contributed by atoms with van der Waals surface area (Å²) >= 11 is 0. The monoisotopic (exact) mass is 432 g/mol. The molecule has 162 valence electrons. The Labute approximate surface area is 182 Å². The molecule has 4 aromatic rings. The molecule has 0 N–H and O–H groups in total. The molecule has 2 aromatic carbocycles. The van der Waals surface area contributed by atoms with Crippen molar-refractivity contribution < 1.29 is 28.7 Å². The van der Waals surface area contributed by atoms with Gasteiger partial charge in [0.1, 0.15) is 0 Å². The number of benzene rings is 2. The third kappa shape index (κ3) is 3.66. The normalized spacial score (nSPS) is 11.0. The number of nitrogens with zero attached hydrogens (tertiary/aromatic N) is 2. The van der Waals surface area contributed by atoms with E-state index in [4.69, 9.17) is 9.47 Å². The number of hydrogen-bond donors (Lipinski definition) is 0. The molecule has 0 saturated heterocycles. The van der Waals surface area contributed by atoms with Gasteiger partial charge in [0, 0.05) is 38.5 Å². The van der Waals surface area contributed by atoms with Gasteiger partial charge < -0.3 is 9.47 Å². The van der Waals surface area contributed by atoms with E-state index in [0.29, 0.717) is 21.8 Å². The molecule has 2 aromatic heterocycles. The van der Waals surface area contributed by atoms with Gasteiger partial charge in [0.2, 0.25) is 11.8 Å². The molecule has 0 aliphatic heterocycles. The Morgan fingerprint density at radius 3 is 1.31 bits per heavy atom. The molecule has 0 fully saturated rings. The van der Waals surface area contributed by atoms with Crippen molar-refractivity contribution in [3.05, 3.63) is 48.8 Å². The van der Waals surface area contributed by atoms with E-state index in [1.807, 2.05) is 24.3 Å². The quantitative estimate of drug-likeness (QED) is 0.444. The topological polar surface area (TPSA) is 96.6 Å². The van der Waals surface area contributed by atoms with E-state index in [2.05, 4.69) is 0 Å². The van der Waals surface area contributed by atoms with Crippen molar-refractivity contribution in [2.75, 3.05) is 0 Å². The van der Waals surface area contributed by atoms with Gasteiger partial charge in [0.15, 0.2) is 11.5 Å². The van der Waals surface area contributed by atoms with E-state index >= 15 is 0 Å². The summed E-state index contributed by atoms with van der Waals surface area (Å²) in [5.74, 6) is -0.826. The first-order chi connectivity index (χ1) is 15.2. The lowest BCUT2D eigenvalue weighted by molar-refractivity contribution is -0.132. The molecule has 0 bridgehead atoms. The molecule has 0 aliphatic rings. The highest BCUT2D eigenvalue weighted by Gasteiger charge is 2.17. The van der Waals surface area contributed by atoms with Crippen LogP contribution in [0.3, 0.4) is 0 Å². The van der Waals surface area contributed by atoms with Gasteiger partial charge in [-0.05, 0) is 35.4 Å². The second-order valence-corrected chi connectivity index (χ2v) is 7.42. The van der Waals surface area contributed by atoms with Gasteiger partial charge in [0.05, 0.1) is 23.4 Å². The zero-order valence-corrected chi connectivity index (χ0v) is 18.0. The fraction of sp³-hybridized carbons (Fsp3) is 0.167. The van der Waals surface area contributed by atoms with E-state index in [0.717, 1.165) is 11.1 Å². The lowest BCUT2D eigenvalue weighted by atomic mass is 10.0. The van der Waals surface area contributed by atoms with E-state index in [1.165, 1.54) is 49.2 Å². The minimum Gasteiger partial charge on any atom is -0.424 e. The van der Waals surface area contributed by atoms with Crippen LogP contribution in [-0.2, 0) is 9.59 Å². The SMILES string of the molecule is CC(=O)Oc1cn(C(C)=O)c2ccc(-c3ccc4c(c3)c(OC(C)=O)cn4C(C)=O)cc12. The second-order valence-electron chi connectivity index (χ2n) is 7.42. The summed E-state index contributed by atoms with van der Waals surface area (Å²) in [6.07, 6.45) is 2.99. The van der Waals surface area contributed by atoms with Gasteiger partial charge in [-0.1, -0.05) is 12.1 Å². The number of rotatable bonds is 3. The summed E-state index contributed by atoms with van der Waals surface area (Å²) in [6, 6.07) is 10.9. The summed E-state index contributed by atoms with van der Waals surface area (Å²) in [5, 5.41) is 1.21. The number of ether oxygens (including phenoxy) is 2. The Balaban J connectivity index is 1.90. The van der Waals surface area contributed by atoms with Crippen molar-refractivity contribution in [3.63, 3.8) is 0 Å². The molecule has 32 heavy (non-hydrogen) atoms. The van der Waals surface area contributed by atoms with Crippen molar-refractivity contribution in [1.82, 2.24) is 9.13 Å². The second kappa shape index (κ2) is 7.81. The first kappa shape index (κ1) is 21.0. The molecular formula is C24H20N2O6. The molecule has 0 radical (unpaired) electrons. The first-order valence-electron chi connectivity index (χ1n) is 9.85. The van der Waals surface area contributed by atoms with Crippen LogP contribution < -0.4 is 9.47 Å². The highest BCUT2D eigenvalue weighted by atomic mass is 16.5. The molecule has 0 saturated carbocycles. The van der Waals surface area contributed by atoms with Crippen LogP contribution in [0.15, 0.2) is 48.8 Å². The number of esters is 2. The Morgan fingerprint density at radius 1 is 0.625 bits per heavy atom. The van der Waals surface area contributed by atoms with Crippen molar-refractivity contribution in [1.29, 1.82) is 0 Å². The highest BCUT2D eigenvalue weighted by Crippen LogP contribution is 2.36. The summed E-state index contributed by atoms with van der Waals surface area (Å²) < 4.78 is 13.4. The minimum absolute atomic E-state index is 0.209. The van der Waals surface area contributed by atoms with Crippen LogP contribution in [0.2, 0.25) is 0 Å². The van der Waals surface area contributed by atoms with Crippen LogP contribution in [0.5, 0.6) is 11.5 Å². The third-order valence-corrected chi connectivity index (χ3v) is 5.06. The van der Waals surface area contributed by atoms with E-state index in [-0.39, 0.29) is 23.3 Å². The molecule has 0 spiro atoms. The molecule has 0 aliphatic carbocycles. The van der Waals surface area contributed by atoms with E-state index < -0.39 is 11.9 Å². The average molecular weight is 432 g/mol. The zero-order chi connectivity index (χ0) is 23.2. The van der Waals surface area contributed by atoms with Gasteiger partial charge in [-0.2, -0.15) is 0 Å². The number of hydrogen-bond acceptors (Lipinski definition) is 6. The predicted octanol–water partition coefficient (Wildman–Crippen LogP) is 4.43. The van der Waals surface area contributed by atoms with E-state index in [9.17, 15) is 19.2 Å². The van der Waals surface area contributed by atoms with Crippen LogP contribution in [0.25, 0.3) is 32.9 Å². The number of carbonyl (C=O) groups is 4. The smallest absolute Gasteiger partial charge is 0.308 e. The Kier molecular flexibility index (Phi) is 5.14. The van der Waals surface area contributed by atoms with Crippen molar-refractivity contribution in [2.24, 2.45) is 0 Å². The molecule has 0 atom stereocenters. The van der Waals surface area contributed by atoms with Gasteiger partial charge in [-0.15, -0.1) is 0 Å². The summed E-state index contributed by atoms with van der Waals surface area (Å²) in [6.45, 7) is 5.44. The van der Waals surface area contributed by atoms with Crippen molar-refractivity contribution >= 4 is 45.6 Å². The largest absolute Gasteiger partial charge is 0.424 e. The van der Waals surface area contributed by atoms with Crippen LogP contribution in [0, 0.1) is 0 Å². The first-order valence-corrected chi connectivity index (χ1v) is 9.85. The van der Waals surface area contributed by atoms with Crippen LogP contribution in [0.1, 0.15) is 37.3 Å². The fourth-order valence-electron chi connectivity index (χ4n) is 3.75. The highest BCUT2D eigenvalue weighted by molar-refractivity contribution is 6.01. The molecule has 4 rings (SSSR count). The van der Waals surface area contributed by atoms with Gasteiger partial charge in [0.25, 0.3) is 0 Å². The molecule has 2 heterocycles. The van der Waals surface area contributed by atoms with Crippen molar-refractivity contribution in [3.8, 4) is 22.6 Å². The fourth-order valence-corrected chi connectivity index (χ4v) is 3.75. The van der Waals surface area contributed by atoms with E-state index in [1.54, 1.807) is 12.1 Å². The predicted molar refractivity (Wildman–Crippen MR) is 118 cm³/mol. The number of carbonyl (C=O) groups excluding carboxylic acids is 4. The maximum Gasteiger partial charge on any atom is 0.308 e. The number of fused-ring (bicyclic) bond motifs is 2. The third-order valence-electron chi connectivity index (χ3n) is 5.06. The summed E-state index contributed by atoms with van der Waals surface area (Å²) in [7, 11) is 0. The zero-order valence-electron chi connectivity index (χ0n) is 18.0. The Hall–Kier alpha value is -4.20. The van der Waals surface area contributed by atoms with Gasteiger partial charge in [-0.3, -0.25) is 28.3 Å². The Bertz CT molecular complexity index is 1330. The van der Waals surface area contributed by atoms with Crippen molar-refractivity contribution in [2.45, 2.75) is 27.7 Å².